The molecule has 106 valence electrons. The first-order chi connectivity index (χ1) is 9.06. The van der Waals surface area contributed by atoms with E-state index in [2.05, 4.69) is 13.8 Å². The van der Waals surface area contributed by atoms with Gasteiger partial charge in [0.25, 0.3) is 0 Å². The van der Waals surface area contributed by atoms with Gasteiger partial charge in [0.2, 0.25) is 0 Å². The van der Waals surface area contributed by atoms with Gasteiger partial charge in [-0.05, 0) is 48.8 Å². The number of benzene rings is 1. The molecule has 0 aliphatic heterocycles. The number of aliphatic hydroxyl groups is 1. The lowest BCUT2D eigenvalue weighted by molar-refractivity contribution is -0.0397. The number of rotatable bonds is 4. The first-order valence-electron chi connectivity index (χ1n) is 7.21. The summed E-state index contributed by atoms with van der Waals surface area (Å²) in [5, 5.41) is 10.1. The minimum absolute atomic E-state index is 0.301. The zero-order valence-corrected chi connectivity index (χ0v) is 11.9. The van der Waals surface area contributed by atoms with Crippen molar-refractivity contribution in [2.75, 3.05) is 12.3 Å². The Hall–Kier alpha value is -1.06. The minimum Gasteiger partial charge on any atom is -0.399 e. The quantitative estimate of drug-likeness (QED) is 0.820. The SMILES string of the molecule is CC1CCC(OCC(O)c2ccc(N)cc2)CC1C. The van der Waals surface area contributed by atoms with Crippen LogP contribution in [0.5, 0.6) is 0 Å². The average Bonchev–Trinajstić information content (AvgIpc) is 2.40. The fraction of sp³-hybridized carbons (Fsp3) is 0.625. The second kappa shape index (κ2) is 6.40. The second-order valence-corrected chi connectivity index (χ2v) is 5.91. The van der Waals surface area contributed by atoms with E-state index in [-0.39, 0.29) is 0 Å². The normalized spacial score (nSPS) is 29.1. The Labute approximate surface area is 115 Å². The number of aliphatic hydroxyl groups excluding tert-OH is 1. The maximum absolute atomic E-state index is 10.1. The molecule has 1 saturated carbocycles. The van der Waals surface area contributed by atoms with E-state index in [1.54, 1.807) is 0 Å². The Kier molecular flexibility index (Phi) is 4.83. The molecule has 1 aromatic rings. The second-order valence-electron chi connectivity index (χ2n) is 5.91. The summed E-state index contributed by atoms with van der Waals surface area (Å²) in [6.07, 6.45) is 3.18. The number of nitrogens with two attached hydrogens (primary N) is 1. The molecule has 1 aliphatic carbocycles. The van der Waals surface area contributed by atoms with Gasteiger partial charge in [-0.2, -0.15) is 0 Å². The Morgan fingerprint density at radius 2 is 1.89 bits per heavy atom. The van der Waals surface area contributed by atoms with E-state index in [0.29, 0.717) is 24.3 Å². The zero-order valence-electron chi connectivity index (χ0n) is 11.9. The highest BCUT2D eigenvalue weighted by molar-refractivity contribution is 5.39. The van der Waals surface area contributed by atoms with E-state index in [1.807, 2.05) is 24.3 Å². The van der Waals surface area contributed by atoms with Gasteiger partial charge in [-0.15, -0.1) is 0 Å². The molecule has 4 atom stereocenters. The number of ether oxygens (including phenoxy) is 1. The van der Waals surface area contributed by atoms with Crippen molar-refractivity contribution in [3.05, 3.63) is 29.8 Å². The van der Waals surface area contributed by atoms with Crippen LogP contribution in [0.4, 0.5) is 5.69 Å². The third-order valence-corrected chi connectivity index (χ3v) is 4.36. The van der Waals surface area contributed by atoms with Crippen molar-refractivity contribution in [2.45, 2.75) is 45.3 Å². The number of hydrogen-bond acceptors (Lipinski definition) is 3. The molecule has 0 spiro atoms. The lowest BCUT2D eigenvalue weighted by atomic mass is 9.80. The van der Waals surface area contributed by atoms with Crippen LogP contribution in [0.2, 0.25) is 0 Å². The van der Waals surface area contributed by atoms with Crippen LogP contribution < -0.4 is 5.73 Å². The first-order valence-corrected chi connectivity index (χ1v) is 7.21. The number of anilines is 1. The predicted molar refractivity (Wildman–Crippen MR) is 77.7 cm³/mol. The largest absolute Gasteiger partial charge is 0.399 e. The fourth-order valence-electron chi connectivity index (χ4n) is 2.69. The first kappa shape index (κ1) is 14.4. The van der Waals surface area contributed by atoms with Crippen molar-refractivity contribution in [3.8, 4) is 0 Å². The Balaban J connectivity index is 1.80. The van der Waals surface area contributed by atoms with Crippen LogP contribution in [-0.2, 0) is 4.74 Å². The summed E-state index contributed by atoms with van der Waals surface area (Å²) in [6.45, 7) is 4.97. The molecular weight excluding hydrogens is 238 g/mol. The van der Waals surface area contributed by atoms with Crippen LogP contribution in [0.15, 0.2) is 24.3 Å². The molecule has 3 N–H and O–H groups in total. The van der Waals surface area contributed by atoms with E-state index in [0.717, 1.165) is 24.3 Å². The molecule has 3 heteroatoms. The predicted octanol–water partition coefficient (Wildman–Crippen LogP) is 3.14. The Bertz CT molecular complexity index is 390. The molecule has 3 nitrogen and oxygen atoms in total. The number of nitrogen functional groups attached to an aromatic ring is 1. The van der Waals surface area contributed by atoms with Crippen LogP contribution in [0, 0.1) is 11.8 Å². The van der Waals surface area contributed by atoms with Crippen molar-refractivity contribution in [2.24, 2.45) is 11.8 Å². The molecular formula is C16H25NO2. The van der Waals surface area contributed by atoms with E-state index in [9.17, 15) is 5.11 Å². The molecule has 0 aromatic heterocycles. The van der Waals surface area contributed by atoms with Gasteiger partial charge in [0.1, 0.15) is 6.10 Å². The summed E-state index contributed by atoms with van der Waals surface area (Å²) >= 11 is 0. The van der Waals surface area contributed by atoms with Gasteiger partial charge in [-0.3, -0.25) is 0 Å². The Morgan fingerprint density at radius 3 is 2.53 bits per heavy atom. The molecule has 0 bridgehead atoms. The van der Waals surface area contributed by atoms with E-state index in [1.165, 1.54) is 6.42 Å². The summed E-state index contributed by atoms with van der Waals surface area (Å²) in [5.74, 6) is 1.51. The van der Waals surface area contributed by atoms with Crippen molar-refractivity contribution in [3.63, 3.8) is 0 Å². The maximum atomic E-state index is 10.1. The van der Waals surface area contributed by atoms with Gasteiger partial charge in [-0.1, -0.05) is 26.0 Å². The van der Waals surface area contributed by atoms with Gasteiger partial charge < -0.3 is 15.6 Å². The van der Waals surface area contributed by atoms with E-state index >= 15 is 0 Å². The summed E-state index contributed by atoms with van der Waals surface area (Å²) < 4.78 is 5.87. The molecule has 0 saturated heterocycles. The fourth-order valence-corrected chi connectivity index (χ4v) is 2.69. The van der Waals surface area contributed by atoms with Gasteiger partial charge in [0, 0.05) is 5.69 Å². The van der Waals surface area contributed by atoms with Gasteiger partial charge >= 0.3 is 0 Å². The third kappa shape index (κ3) is 3.95. The smallest absolute Gasteiger partial charge is 0.102 e. The molecule has 1 aromatic carbocycles. The summed E-state index contributed by atoms with van der Waals surface area (Å²) in [7, 11) is 0. The molecule has 4 unspecified atom stereocenters. The zero-order chi connectivity index (χ0) is 13.8. The molecule has 0 amide bonds. The maximum Gasteiger partial charge on any atom is 0.102 e. The highest BCUT2D eigenvalue weighted by atomic mass is 16.5. The van der Waals surface area contributed by atoms with Gasteiger partial charge in [-0.25, -0.2) is 0 Å². The van der Waals surface area contributed by atoms with Gasteiger partial charge in [0.15, 0.2) is 0 Å². The Morgan fingerprint density at radius 1 is 1.21 bits per heavy atom. The van der Waals surface area contributed by atoms with E-state index < -0.39 is 6.10 Å². The topological polar surface area (TPSA) is 55.5 Å². The van der Waals surface area contributed by atoms with Crippen molar-refractivity contribution < 1.29 is 9.84 Å². The molecule has 19 heavy (non-hydrogen) atoms. The van der Waals surface area contributed by atoms with Crippen LogP contribution >= 0.6 is 0 Å². The van der Waals surface area contributed by atoms with E-state index in [4.69, 9.17) is 10.5 Å². The highest BCUT2D eigenvalue weighted by Crippen LogP contribution is 2.31. The molecule has 0 radical (unpaired) electrons. The minimum atomic E-state index is -0.560. The summed E-state index contributed by atoms with van der Waals surface area (Å²) in [5.41, 5.74) is 7.21. The van der Waals surface area contributed by atoms with Crippen LogP contribution in [0.25, 0.3) is 0 Å². The summed E-state index contributed by atoms with van der Waals surface area (Å²) in [4.78, 5) is 0. The van der Waals surface area contributed by atoms with Gasteiger partial charge in [0.05, 0.1) is 12.7 Å². The average molecular weight is 263 g/mol. The van der Waals surface area contributed by atoms with Crippen LogP contribution in [0.1, 0.15) is 44.8 Å². The van der Waals surface area contributed by atoms with Crippen LogP contribution in [-0.4, -0.2) is 17.8 Å². The third-order valence-electron chi connectivity index (χ3n) is 4.36. The van der Waals surface area contributed by atoms with Crippen molar-refractivity contribution >= 4 is 5.69 Å². The summed E-state index contributed by atoms with van der Waals surface area (Å²) in [6, 6.07) is 7.33. The van der Waals surface area contributed by atoms with Crippen LogP contribution in [0.3, 0.4) is 0 Å². The molecule has 1 aliphatic rings. The standard InChI is InChI=1S/C16H25NO2/c1-11-3-8-15(9-12(11)2)19-10-16(18)13-4-6-14(17)7-5-13/h4-7,11-12,15-16,18H,3,8-10,17H2,1-2H3. The lowest BCUT2D eigenvalue weighted by Gasteiger charge is -2.32. The van der Waals surface area contributed by atoms with Crippen molar-refractivity contribution in [1.29, 1.82) is 0 Å². The lowest BCUT2D eigenvalue weighted by Crippen LogP contribution is -2.28. The molecule has 2 rings (SSSR count). The highest BCUT2D eigenvalue weighted by Gasteiger charge is 2.25. The number of hydrogen-bond donors (Lipinski definition) is 2. The molecule has 1 fully saturated rings. The molecule has 0 heterocycles. The monoisotopic (exact) mass is 263 g/mol. The van der Waals surface area contributed by atoms with Crippen molar-refractivity contribution in [1.82, 2.24) is 0 Å².